The molecule has 2 aromatic carbocycles. The lowest BCUT2D eigenvalue weighted by Gasteiger charge is -2.04. The number of hydrogen-bond donors (Lipinski definition) is 0. The molecule has 0 spiro atoms. The number of carbonyl (C=O) groups excluding carboxylic acids is 1. The van der Waals surface area contributed by atoms with Gasteiger partial charge in [-0.25, -0.2) is 9.18 Å². The highest BCUT2D eigenvalue weighted by Crippen LogP contribution is 2.23. The van der Waals surface area contributed by atoms with Crippen LogP contribution in [0.4, 0.5) is 8.78 Å². The van der Waals surface area contributed by atoms with Gasteiger partial charge >= 0.3 is 5.97 Å². The van der Waals surface area contributed by atoms with Crippen LogP contribution >= 0.6 is 0 Å². The number of halogens is 2. The van der Waals surface area contributed by atoms with Gasteiger partial charge in [0, 0.05) is 5.56 Å². The Kier molecular flexibility index (Phi) is 4.64. The first kappa shape index (κ1) is 15.4. The van der Waals surface area contributed by atoms with E-state index in [1.165, 1.54) is 36.4 Å². The van der Waals surface area contributed by atoms with Crippen molar-refractivity contribution in [2.24, 2.45) is 0 Å². The molecule has 2 aromatic rings. The van der Waals surface area contributed by atoms with Gasteiger partial charge in [-0.2, -0.15) is 9.65 Å². The summed E-state index contributed by atoms with van der Waals surface area (Å²) in [7, 11) is 0. The molecule has 0 unspecified atom stereocenters. The number of esters is 1. The molecule has 0 aliphatic rings. The highest BCUT2D eigenvalue weighted by atomic mass is 19.2. The first-order valence-corrected chi connectivity index (χ1v) is 6.36. The molecular formula is C17H11F2NO2. The van der Waals surface area contributed by atoms with Gasteiger partial charge < -0.3 is 4.74 Å². The molecule has 0 heterocycles. The molecule has 0 aliphatic carbocycles. The molecule has 0 saturated carbocycles. The van der Waals surface area contributed by atoms with E-state index in [-0.39, 0.29) is 11.3 Å². The van der Waals surface area contributed by atoms with Gasteiger partial charge in [0.05, 0.1) is 11.6 Å². The van der Waals surface area contributed by atoms with Gasteiger partial charge in [0.1, 0.15) is 5.75 Å². The van der Waals surface area contributed by atoms with E-state index >= 15 is 0 Å². The second kappa shape index (κ2) is 6.64. The average Bonchev–Trinajstić information content (AvgIpc) is 2.55. The Morgan fingerprint density at radius 2 is 1.64 bits per heavy atom. The third kappa shape index (κ3) is 3.55. The summed E-state index contributed by atoms with van der Waals surface area (Å²) in [5.74, 6) is -4.29. The molecule has 3 nitrogen and oxygen atoms in total. The van der Waals surface area contributed by atoms with Crippen molar-refractivity contribution in [2.45, 2.75) is 6.92 Å². The maximum absolute atomic E-state index is 13.9. The number of hydrogen-bond acceptors (Lipinski definition) is 3. The van der Waals surface area contributed by atoms with E-state index in [2.05, 4.69) is 0 Å². The molecule has 22 heavy (non-hydrogen) atoms. The highest BCUT2D eigenvalue weighted by molar-refractivity contribution is 5.94. The Bertz CT molecular complexity index is 757. The second-order valence-electron chi connectivity index (χ2n) is 4.52. The van der Waals surface area contributed by atoms with Crippen LogP contribution in [0.1, 0.15) is 16.7 Å². The maximum Gasteiger partial charge on any atom is 0.375 e. The van der Waals surface area contributed by atoms with E-state index < -0.39 is 17.6 Å². The number of nitrogens with zero attached hydrogens (tertiary/aromatic N) is 1. The minimum atomic E-state index is -1.60. The van der Waals surface area contributed by atoms with Crippen LogP contribution in [0.2, 0.25) is 0 Å². The molecule has 110 valence electrons. The predicted molar refractivity (Wildman–Crippen MR) is 77.1 cm³/mol. The summed E-state index contributed by atoms with van der Waals surface area (Å²) in [5, 5.41) is 8.64. The highest BCUT2D eigenvalue weighted by Gasteiger charge is 2.19. The molecule has 0 saturated heterocycles. The van der Waals surface area contributed by atoms with Gasteiger partial charge in [-0.3, -0.25) is 0 Å². The molecule has 0 fully saturated rings. The van der Waals surface area contributed by atoms with Crippen molar-refractivity contribution in [3.8, 4) is 11.8 Å². The van der Waals surface area contributed by atoms with E-state index in [0.717, 1.165) is 5.56 Å². The molecule has 5 heteroatoms. The largest absolute Gasteiger partial charge is 0.421 e. The summed E-state index contributed by atoms with van der Waals surface area (Å²) >= 11 is 0. The van der Waals surface area contributed by atoms with Crippen LogP contribution in [0.3, 0.4) is 0 Å². The van der Waals surface area contributed by atoms with Crippen LogP contribution in [-0.4, -0.2) is 5.97 Å². The van der Waals surface area contributed by atoms with E-state index in [0.29, 0.717) is 5.56 Å². The molecule has 0 amide bonds. The molecule has 0 radical (unpaired) electrons. The Balaban J connectivity index is 2.18. The summed E-state index contributed by atoms with van der Waals surface area (Å²) in [6.07, 6.45) is 0. The van der Waals surface area contributed by atoms with Crippen molar-refractivity contribution in [2.75, 3.05) is 0 Å². The van der Waals surface area contributed by atoms with Gasteiger partial charge in [-0.15, -0.1) is 0 Å². The zero-order valence-corrected chi connectivity index (χ0v) is 11.6. The van der Waals surface area contributed by atoms with E-state index in [1.54, 1.807) is 19.1 Å². The van der Waals surface area contributed by atoms with Crippen molar-refractivity contribution in [1.29, 1.82) is 5.26 Å². The molecule has 0 aliphatic heterocycles. The van der Waals surface area contributed by atoms with E-state index in [1.807, 2.05) is 6.07 Å². The van der Waals surface area contributed by atoms with Crippen LogP contribution in [0, 0.1) is 18.3 Å². The van der Waals surface area contributed by atoms with Crippen molar-refractivity contribution in [3.05, 3.63) is 71.0 Å². The molecular weight excluding hydrogens is 288 g/mol. The zero-order chi connectivity index (χ0) is 16.1. The monoisotopic (exact) mass is 299 g/mol. The number of ether oxygens (including phenoxy) is 1. The van der Waals surface area contributed by atoms with E-state index in [4.69, 9.17) is 10.00 Å². The molecule has 0 atom stereocenters. The standard InChI is InChI=1S/C17H11F2NO2/c1-11-2-6-13(7-3-11)15(18)16(19)17(21)22-14-8-4-12(10-20)5-9-14/h2-9H,1H3/b16-15-. The Labute approximate surface area is 126 Å². The summed E-state index contributed by atoms with van der Waals surface area (Å²) in [4.78, 5) is 11.6. The topological polar surface area (TPSA) is 50.1 Å². The van der Waals surface area contributed by atoms with Crippen LogP contribution < -0.4 is 4.74 Å². The average molecular weight is 299 g/mol. The minimum absolute atomic E-state index is 0.0239. The lowest BCUT2D eigenvalue weighted by atomic mass is 10.1. The number of rotatable bonds is 3. The summed E-state index contributed by atoms with van der Waals surface area (Å²) in [6.45, 7) is 1.81. The lowest BCUT2D eigenvalue weighted by Crippen LogP contribution is -2.09. The van der Waals surface area contributed by atoms with Gasteiger partial charge in [-0.05, 0) is 31.2 Å². The van der Waals surface area contributed by atoms with Crippen molar-refractivity contribution < 1.29 is 18.3 Å². The first-order valence-electron chi connectivity index (χ1n) is 6.36. The Hall–Kier alpha value is -3.00. The molecule has 0 bridgehead atoms. The van der Waals surface area contributed by atoms with E-state index in [9.17, 15) is 13.6 Å². The zero-order valence-electron chi connectivity index (χ0n) is 11.6. The summed E-state index contributed by atoms with van der Waals surface area (Å²) in [6, 6.07) is 13.3. The van der Waals surface area contributed by atoms with Crippen LogP contribution in [-0.2, 0) is 4.79 Å². The SMILES string of the molecule is Cc1ccc(/C(F)=C(/F)C(=O)Oc2ccc(C#N)cc2)cc1. The number of carbonyl (C=O) groups is 1. The third-order valence-electron chi connectivity index (χ3n) is 2.87. The maximum atomic E-state index is 13.9. The summed E-state index contributed by atoms with van der Waals surface area (Å²) < 4.78 is 32.4. The molecule has 0 aromatic heterocycles. The smallest absolute Gasteiger partial charge is 0.375 e. The number of aryl methyl sites for hydroxylation is 1. The number of nitriles is 1. The molecule has 0 N–H and O–H groups in total. The summed E-state index contributed by atoms with van der Waals surface area (Å²) in [5.41, 5.74) is 1.21. The van der Waals surface area contributed by atoms with Crippen molar-refractivity contribution in [1.82, 2.24) is 0 Å². The van der Waals surface area contributed by atoms with Gasteiger partial charge in [0.15, 0.2) is 5.83 Å². The normalized spacial score (nSPS) is 11.4. The first-order chi connectivity index (χ1) is 10.5. The minimum Gasteiger partial charge on any atom is -0.421 e. The van der Waals surface area contributed by atoms with Crippen LogP contribution in [0.15, 0.2) is 54.4 Å². The fourth-order valence-electron chi connectivity index (χ4n) is 1.67. The quantitative estimate of drug-likeness (QED) is 0.487. The van der Waals surface area contributed by atoms with Crippen molar-refractivity contribution in [3.63, 3.8) is 0 Å². The van der Waals surface area contributed by atoms with Crippen LogP contribution in [0.5, 0.6) is 5.75 Å². The molecule has 2 rings (SSSR count). The Morgan fingerprint density at radius 3 is 2.18 bits per heavy atom. The predicted octanol–water partition coefficient (Wildman–Crippen LogP) is 4.08. The fourth-order valence-corrected chi connectivity index (χ4v) is 1.67. The van der Waals surface area contributed by atoms with Gasteiger partial charge in [-0.1, -0.05) is 29.8 Å². The number of benzene rings is 2. The fraction of sp³-hybridized carbons (Fsp3) is 0.0588. The van der Waals surface area contributed by atoms with Gasteiger partial charge in [0.25, 0.3) is 0 Å². The lowest BCUT2D eigenvalue weighted by molar-refractivity contribution is -0.131. The van der Waals surface area contributed by atoms with Crippen molar-refractivity contribution >= 4 is 11.8 Å². The third-order valence-corrected chi connectivity index (χ3v) is 2.87. The second-order valence-corrected chi connectivity index (χ2v) is 4.52. The van der Waals surface area contributed by atoms with Crippen LogP contribution in [0.25, 0.3) is 5.83 Å². The van der Waals surface area contributed by atoms with Gasteiger partial charge in [0.2, 0.25) is 5.83 Å². The Morgan fingerprint density at radius 1 is 1.05 bits per heavy atom.